The average molecular weight is 247 g/mol. The highest BCUT2D eigenvalue weighted by Crippen LogP contribution is 2.22. The van der Waals surface area contributed by atoms with Gasteiger partial charge in [-0.1, -0.05) is 0 Å². The van der Waals surface area contributed by atoms with Gasteiger partial charge in [0.1, 0.15) is 11.5 Å². The third kappa shape index (κ3) is 2.68. The van der Waals surface area contributed by atoms with E-state index in [2.05, 4.69) is 9.72 Å². The van der Waals surface area contributed by atoms with Crippen LogP contribution in [0.3, 0.4) is 0 Å². The Bertz CT molecular complexity index is 521. The Balaban J connectivity index is 2.07. The van der Waals surface area contributed by atoms with Crippen LogP contribution >= 0.6 is 0 Å². The minimum absolute atomic E-state index is 0.161. The van der Waals surface area contributed by atoms with E-state index >= 15 is 0 Å². The van der Waals surface area contributed by atoms with Gasteiger partial charge in [-0.05, 0) is 31.2 Å². The Morgan fingerprint density at radius 3 is 2.89 bits per heavy atom. The molecule has 0 spiro atoms. The van der Waals surface area contributed by atoms with Crippen molar-refractivity contribution in [3.63, 3.8) is 0 Å². The molecule has 1 atom stereocenters. The van der Waals surface area contributed by atoms with Gasteiger partial charge in [-0.3, -0.25) is 4.98 Å². The van der Waals surface area contributed by atoms with Crippen LogP contribution in [0.15, 0.2) is 41.1 Å². The first-order chi connectivity index (χ1) is 8.70. The molecule has 5 heteroatoms. The highest BCUT2D eigenvalue weighted by Gasteiger charge is 2.16. The van der Waals surface area contributed by atoms with Crippen molar-refractivity contribution >= 4 is 5.97 Å². The summed E-state index contributed by atoms with van der Waals surface area (Å²) in [4.78, 5) is 15.2. The smallest absolute Gasteiger partial charge is 0.373 e. The predicted octanol–water partition coefficient (Wildman–Crippen LogP) is 2.60. The average Bonchev–Trinajstić information content (AvgIpc) is 2.88. The Labute approximate surface area is 104 Å². The number of ether oxygens (including phenoxy) is 2. The summed E-state index contributed by atoms with van der Waals surface area (Å²) in [7, 11) is 1.31. The quantitative estimate of drug-likeness (QED) is 0.777. The minimum atomic E-state index is -0.505. The number of hydrogen-bond acceptors (Lipinski definition) is 5. The lowest BCUT2D eigenvalue weighted by atomic mass is 10.3. The van der Waals surface area contributed by atoms with Crippen molar-refractivity contribution in [2.45, 2.75) is 13.0 Å². The fourth-order valence-electron chi connectivity index (χ4n) is 1.46. The molecule has 2 aromatic rings. The first kappa shape index (κ1) is 12.2. The van der Waals surface area contributed by atoms with Crippen LogP contribution < -0.4 is 4.74 Å². The van der Waals surface area contributed by atoms with Gasteiger partial charge in [0.2, 0.25) is 5.76 Å². The maximum Gasteiger partial charge on any atom is 0.373 e. The largest absolute Gasteiger partial charge is 0.481 e. The van der Waals surface area contributed by atoms with Crippen LogP contribution in [0, 0.1) is 0 Å². The summed E-state index contributed by atoms with van der Waals surface area (Å²) < 4.78 is 15.5. The van der Waals surface area contributed by atoms with Gasteiger partial charge in [-0.15, -0.1) is 0 Å². The second-order valence-corrected chi connectivity index (χ2v) is 3.64. The molecule has 0 aromatic carbocycles. The summed E-state index contributed by atoms with van der Waals surface area (Å²) in [6, 6.07) is 6.83. The molecule has 0 bridgehead atoms. The van der Waals surface area contributed by atoms with Crippen molar-refractivity contribution in [3.05, 3.63) is 48.2 Å². The van der Waals surface area contributed by atoms with Gasteiger partial charge in [0.05, 0.1) is 13.3 Å². The van der Waals surface area contributed by atoms with Gasteiger partial charge < -0.3 is 13.9 Å². The molecule has 2 aromatic heterocycles. The third-order valence-electron chi connectivity index (χ3n) is 2.36. The molecule has 0 saturated carbocycles. The summed E-state index contributed by atoms with van der Waals surface area (Å²) in [5, 5.41) is 0. The zero-order chi connectivity index (χ0) is 13.0. The van der Waals surface area contributed by atoms with Crippen LogP contribution in [-0.4, -0.2) is 18.1 Å². The molecule has 2 heterocycles. The fourth-order valence-corrected chi connectivity index (χ4v) is 1.46. The maximum atomic E-state index is 11.2. The zero-order valence-electron chi connectivity index (χ0n) is 10.1. The lowest BCUT2D eigenvalue weighted by Gasteiger charge is -2.11. The van der Waals surface area contributed by atoms with Crippen molar-refractivity contribution in [3.8, 4) is 5.75 Å². The predicted molar refractivity (Wildman–Crippen MR) is 63.3 cm³/mol. The highest BCUT2D eigenvalue weighted by molar-refractivity contribution is 5.86. The molecule has 0 saturated heterocycles. The van der Waals surface area contributed by atoms with Gasteiger partial charge >= 0.3 is 5.97 Å². The van der Waals surface area contributed by atoms with E-state index in [0.29, 0.717) is 11.5 Å². The van der Waals surface area contributed by atoms with Gasteiger partial charge in [0.25, 0.3) is 0 Å². The van der Waals surface area contributed by atoms with E-state index in [1.165, 1.54) is 7.11 Å². The fraction of sp³-hybridized carbons (Fsp3) is 0.231. The molecule has 0 radical (unpaired) electrons. The van der Waals surface area contributed by atoms with E-state index in [-0.39, 0.29) is 11.9 Å². The van der Waals surface area contributed by atoms with Gasteiger partial charge in [-0.2, -0.15) is 0 Å². The first-order valence-electron chi connectivity index (χ1n) is 5.45. The van der Waals surface area contributed by atoms with Crippen molar-refractivity contribution < 1.29 is 18.7 Å². The zero-order valence-corrected chi connectivity index (χ0v) is 10.1. The number of nitrogens with zero attached hydrogens (tertiary/aromatic N) is 1. The number of pyridine rings is 1. The van der Waals surface area contributed by atoms with Crippen LogP contribution in [0.25, 0.3) is 0 Å². The van der Waals surface area contributed by atoms with E-state index in [1.54, 1.807) is 36.7 Å². The molecule has 5 nitrogen and oxygen atoms in total. The van der Waals surface area contributed by atoms with Crippen molar-refractivity contribution in [2.75, 3.05) is 7.11 Å². The van der Waals surface area contributed by atoms with Crippen LogP contribution in [0.4, 0.5) is 0 Å². The number of methoxy groups -OCH3 is 1. The maximum absolute atomic E-state index is 11.2. The number of carbonyl (C=O) groups is 1. The topological polar surface area (TPSA) is 61.6 Å². The summed E-state index contributed by atoms with van der Waals surface area (Å²) in [5.74, 6) is 0.851. The molecule has 0 aliphatic heterocycles. The van der Waals surface area contributed by atoms with E-state index in [9.17, 15) is 4.79 Å². The SMILES string of the molecule is COC(=O)c1ccc(C(C)Oc2cccnc2)o1. The van der Waals surface area contributed by atoms with E-state index in [1.807, 2.05) is 6.92 Å². The monoisotopic (exact) mass is 247 g/mol. The van der Waals surface area contributed by atoms with Crippen LogP contribution in [0.1, 0.15) is 29.3 Å². The molecular formula is C13H13NO4. The lowest BCUT2D eigenvalue weighted by Crippen LogP contribution is -2.02. The van der Waals surface area contributed by atoms with E-state index in [0.717, 1.165) is 0 Å². The van der Waals surface area contributed by atoms with Crippen molar-refractivity contribution in [2.24, 2.45) is 0 Å². The number of furan rings is 1. The van der Waals surface area contributed by atoms with Crippen molar-refractivity contribution in [1.29, 1.82) is 0 Å². The molecule has 0 fully saturated rings. The number of rotatable bonds is 4. The molecule has 94 valence electrons. The Morgan fingerprint density at radius 2 is 2.22 bits per heavy atom. The molecule has 1 unspecified atom stereocenters. The van der Waals surface area contributed by atoms with E-state index < -0.39 is 5.97 Å². The summed E-state index contributed by atoms with van der Waals surface area (Å²) in [6.07, 6.45) is 2.97. The second-order valence-electron chi connectivity index (χ2n) is 3.64. The number of hydrogen-bond donors (Lipinski definition) is 0. The first-order valence-corrected chi connectivity index (χ1v) is 5.45. The van der Waals surface area contributed by atoms with Crippen molar-refractivity contribution in [1.82, 2.24) is 4.98 Å². The van der Waals surface area contributed by atoms with Crippen LogP contribution in [0.5, 0.6) is 5.75 Å². The summed E-state index contributed by atoms with van der Waals surface area (Å²) in [6.45, 7) is 1.83. The summed E-state index contributed by atoms with van der Waals surface area (Å²) >= 11 is 0. The van der Waals surface area contributed by atoms with Gasteiger partial charge in [0.15, 0.2) is 6.10 Å². The Hall–Kier alpha value is -2.30. The molecule has 0 amide bonds. The molecule has 0 aliphatic carbocycles. The molecule has 0 N–H and O–H groups in total. The summed E-state index contributed by atoms with van der Waals surface area (Å²) in [5.41, 5.74) is 0. The molecule has 0 aliphatic rings. The Morgan fingerprint density at radius 1 is 1.39 bits per heavy atom. The van der Waals surface area contributed by atoms with Crippen LogP contribution in [-0.2, 0) is 4.74 Å². The molecule has 2 rings (SSSR count). The van der Waals surface area contributed by atoms with Gasteiger partial charge in [-0.25, -0.2) is 4.79 Å². The number of esters is 1. The normalized spacial score (nSPS) is 11.9. The minimum Gasteiger partial charge on any atom is -0.481 e. The Kier molecular flexibility index (Phi) is 3.62. The molecule has 18 heavy (non-hydrogen) atoms. The number of carbonyl (C=O) groups excluding carboxylic acids is 1. The van der Waals surface area contributed by atoms with E-state index in [4.69, 9.17) is 9.15 Å². The number of aromatic nitrogens is 1. The molecular weight excluding hydrogens is 234 g/mol. The second kappa shape index (κ2) is 5.35. The van der Waals surface area contributed by atoms with Crippen LogP contribution in [0.2, 0.25) is 0 Å². The highest BCUT2D eigenvalue weighted by atomic mass is 16.5. The van der Waals surface area contributed by atoms with Gasteiger partial charge in [0, 0.05) is 6.20 Å². The standard InChI is InChI=1S/C13H13NO4/c1-9(17-10-4-3-7-14-8-10)11-5-6-12(18-11)13(15)16-2/h3-9H,1-2H3. The lowest BCUT2D eigenvalue weighted by molar-refractivity contribution is 0.0558. The third-order valence-corrected chi connectivity index (χ3v) is 2.36.